The van der Waals surface area contributed by atoms with E-state index >= 15 is 0 Å². The van der Waals surface area contributed by atoms with Crippen LogP contribution in [0.15, 0.2) is 18.2 Å². The molecule has 17 heavy (non-hydrogen) atoms. The molecule has 4 heteroatoms. The third kappa shape index (κ3) is 1.83. The monoisotopic (exact) mass is 250 g/mol. The summed E-state index contributed by atoms with van der Waals surface area (Å²) in [5.41, 5.74) is 3.42. The van der Waals surface area contributed by atoms with E-state index in [-0.39, 0.29) is 0 Å². The molecule has 1 aromatic carbocycles. The highest BCUT2D eigenvalue weighted by Gasteiger charge is 2.21. The molecule has 1 aromatic heterocycles. The Labute approximate surface area is 105 Å². The first kappa shape index (κ1) is 11.1. The average molecular weight is 251 g/mol. The van der Waals surface area contributed by atoms with Gasteiger partial charge >= 0.3 is 0 Å². The third-order valence-corrected chi connectivity index (χ3v) is 3.60. The lowest BCUT2D eigenvalue weighted by atomic mass is 10.1. The molecule has 0 unspecified atom stereocenters. The van der Waals surface area contributed by atoms with E-state index in [2.05, 4.69) is 34.7 Å². The fourth-order valence-electron chi connectivity index (χ4n) is 2.27. The Hall–Kier alpha value is -1.06. The Morgan fingerprint density at radius 3 is 3.00 bits per heavy atom. The van der Waals surface area contributed by atoms with Gasteiger partial charge in [-0.3, -0.25) is 0 Å². The molecule has 3 rings (SSSR count). The fraction of sp³-hybridized carbons (Fsp3) is 0.462. The van der Waals surface area contributed by atoms with E-state index in [1.165, 1.54) is 5.56 Å². The number of fused-ring (bicyclic) bond motifs is 1. The highest BCUT2D eigenvalue weighted by Crippen LogP contribution is 2.23. The minimum Gasteiger partial charge on any atom is -0.376 e. The molecule has 0 amide bonds. The second-order valence-corrected chi connectivity index (χ2v) is 4.76. The number of imidazole rings is 1. The molecule has 90 valence electrons. The van der Waals surface area contributed by atoms with E-state index in [0.29, 0.717) is 12.0 Å². The Bertz CT molecular complexity index is 546. The summed E-state index contributed by atoms with van der Waals surface area (Å²) in [5, 5.41) is 0. The highest BCUT2D eigenvalue weighted by atomic mass is 35.5. The number of alkyl halides is 1. The van der Waals surface area contributed by atoms with Crippen LogP contribution < -0.4 is 0 Å². The van der Waals surface area contributed by atoms with Gasteiger partial charge in [-0.05, 0) is 25.0 Å². The van der Waals surface area contributed by atoms with Gasteiger partial charge in [0, 0.05) is 6.61 Å². The quantitative estimate of drug-likeness (QED) is 0.784. The van der Waals surface area contributed by atoms with Gasteiger partial charge in [0.25, 0.3) is 0 Å². The number of benzene rings is 1. The summed E-state index contributed by atoms with van der Waals surface area (Å²) in [6.07, 6.45) is 1.46. The van der Waals surface area contributed by atoms with Crippen LogP contribution in [0.2, 0.25) is 0 Å². The molecule has 0 radical (unpaired) electrons. The number of aromatic nitrogens is 2. The zero-order chi connectivity index (χ0) is 11.8. The molecule has 3 nitrogen and oxygen atoms in total. The van der Waals surface area contributed by atoms with Crippen LogP contribution in [0, 0.1) is 6.92 Å². The maximum absolute atomic E-state index is 5.98. The van der Waals surface area contributed by atoms with Gasteiger partial charge < -0.3 is 9.30 Å². The van der Waals surface area contributed by atoms with E-state index in [1.807, 2.05) is 0 Å². The number of para-hydroxylation sites is 1. The van der Waals surface area contributed by atoms with Crippen LogP contribution in [-0.4, -0.2) is 22.3 Å². The van der Waals surface area contributed by atoms with Crippen LogP contribution >= 0.6 is 11.6 Å². The van der Waals surface area contributed by atoms with Crippen molar-refractivity contribution in [3.63, 3.8) is 0 Å². The standard InChI is InChI=1S/C13H15ClN2O/c1-9-3-2-4-11-13(9)15-12(7-14)16(11)8-10-5-6-17-10/h2-4,10H,5-8H2,1H3/t10-/m0/s1. The van der Waals surface area contributed by atoms with Gasteiger partial charge in [-0.1, -0.05) is 12.1 Å². The van der Waals surface area contributed by atoms with Gasteiger partial charge in [-0.25, -0.2) is 4.98 Å². The smallest absolute Gasteiger partial charge is 0.124 e. The lowest BCUT2D eigenvalue weighted by Crippen LogP contribution is -2.31. The first-order valence-electron chi connectivity index (χ1n) is 5.92. The van der Waals surface area contributed by atoms with Crippen molar-refractivity contribution in [2.24, 2.45) is 0 Å². The van der Waals surface area contributed by atoms with Crippen LogP contribution in [0.5, 0.6) is 0 Å². The largest absolute Gasteiger partial charge is 0.376 e. The summed E-state index contributed by atoms with van der Waals surface area (Å²) < 4.78 is 7.68. The Morgan fingerprint density at radius 1 is 1.53 bits per heavy atom. The van der Waals surface area contributed by atoms with Crippen molar-refractivity contribution in [3.05, 3.63) is 29.6 Å². The number of nitrogens with zero attached hydrogens (tertiary/aromatic N) is 2. The SMILES string of the molecule is Cc1cccc2c1nc(CCl)n2C[C@@H]1CCO1. The van der Waals surface area contributed by atoms with Crippen LogP contribution in [0.3, 0.4) is 0 Å². The van der Waals surface area contributed by atoms with Crippen molar-refractivity contribution in [2.45, 2.75) is 31.9 Å². The van der Waals surface area contributed by atoms with Gasteiger partial charge in [0.05, 0.1) is 29.6 Å². The molecule has 2 heterocycles. The fourth-order valence-corrected chi connectivity index (χ4v) is 2.48. The van der Waals surface area contributed by atoms with Gasteiger partial charge in [-0.15, -0.1) is 11.6 Å². The molecule has 0 spiro atoms. The van der Waals surface area contributed by atoms with E-state index in [9.17, 15) is 0 Å². The van der Waals surface area contributed by atoms with E-state index in [0.717, 1.165) is 36.4 Å². The van der Waals surface area contributed by atoms with Crippen molar-refractivity contribution in [2.75, 3.05) is 6.61 Å². The maximum atomic E-state index is 5.98. The Morgan fingerprint density at radius 2 is 2.35 bits per heavy atom. The average Bonchev–Trinajstić information content (AvgIpc) is 2.63. The second kappa shape index (κ2) is 4.31. The first-order chi connectivity index (χ1) is 8.29. The normalized spacial score (nSPS) is 19.5. The predicted molar refractivity (Wildman–Crippen MR) is 68.4 cm³/mol. The van der Waals surface area contributed by atoms with Crippen molar-refractivity contribution >= 4 is 22.6 Å². The van der Waals surface area contributed by atoms with Crippen LogP contribution in [0.4, 0.5) is 0 Å². The Kier molecular flexibility index (Phi) is 2.81. The summed E-state index contributed by atoms with van der Waals surface area (Å²) in [4.78, 5) is 4.62. The molecule has 1 aliphatic rings. The molecule has 1 fully saturated rings. The number of hydrogen-bond acceptors (Lipinski definition) is 2. The molecule has 0 saturated carbocycles. The molecule has 1 atom stereocenters. The lowest BCUT2D eigenvalue weighted by Gasteiger charge is -2.27. The van der Waals surface area contributed by atoms with E-state index in [1.54, 1.807) is 0 Å². The van der Waals surface area contributed by atoms with Gasteiger partial charge in [0.15, 0.2) is 0 Å². The van der Waals surface area contributed by atoms with Gasteiger partial charge in [0.1, 0.15) is 5.82 Å². The summed E-state index contributed by atoms with van der Waals surface area (Å²) in [6, 6.07) is 6.25. The van der Waals surface area contributed by atoms with Gasteiger partial charge in [-0.2, -0.15) is 0 Å². The van der Waals surface area contributed by atoms with Crippen LogP contribution in [0.25, 0.3) is 11.0 Å². The second-order valence-electron chi connectivity index (χ2n) is 4.50. The summed E-state index contributed by atoms with van der Waals surface area (Å²) in [7, 11) is 0. The molecule has 0 aliphatic carbocycles. The number of hydrogen-bond donors (Lipinski definition) is 0. The number of ether oxygens (including phenoxy) is 1. The van der Waals surface area contributed by atoms with Crippen molar-refractivity contribution in [1.82, 2.24) is 9.55 Å². The number of rotatable bonds is 3. The molecular weight excluding hydrogens is 236 g/mol. The summed E-state index contributed by atoms with van der Waals surface area (Å²) in [5.74, 6) is 1.38. The summed E-state index contributed by atoms with van der Waals surface area (Å²) in [6.45, 7) is 3.83. The highest BCUT2D eigenvalue weighted by molar-refractivity contribution is 6.16. The number of halogens is 1. The van der Waals surface area contributed by atoms with E-state index < -0.39 is 0 Å². The minimum absolute atomic E-state index is 0.329. The van der Waals surface area contributed by atoms with Crippen LogP contribution in [-0.2, 0) is 17.2 Å². The van der Waals surface area contributed by atoms with E-state index in [4.69, 9.17) is 16.3 Å². The Balaban J connectivity index is 2.09. The van der Waals surface area contributed by atoms with Crippen molar-refractivity contribution in [3.8, 4) is 0 Å². The maximum Gasteiger partial charge on any atom is 0.124 e. The third-order valence-electron chi connectivity index (χ3n) is 3.36. The van der Waals surface area contributed by atoms with Crippen LogP contribution in [0.1, 0.15) is 17.8 Å². The molecule has 1 aliphatic heterocycles. The van der Waals surface area contributed by atoms with Gasteiger partial charge in [0.2, 0.25) is 0 Å². The van der Waals surface area contributed by atoms with Crippen molar-refractivity contribution in [1.29, 1.82) is 0 Å². The lowest BCUT2D eigenvalue weighted by molar-refractivity contribution is -0.0589. The topological polar surface area (TPSA) is 27.1 Å². The molecule has 1 saturated heterocycles. The molecule has 0 N–H and O–H groups in total. The predicted octanol–water partition coefficient (Wildman–Crippen LogP) is 2.87. The number of aryl methyl sites for hydroxylation is 1. The molecular formula is C13H15ClN2O. The molecule has 2 aromatic rings. The van der Waals surface area contributed by atoms with Crippen molar-refractivity contribution < 1.29 is 4.74 Å². The minimum atomic E-state index is 0.329. The molecule has 0 bridgehead atoms. The zero-order valence-corrected chi connectivity index (χ0v) is 10.6. The summed E-state index contributed by atoms with van der Waals surface area (Å²) >= 11 is 5.98. The first-order valence-corrected chi connectivity index (χ1v) is 6.45. The zero-order valence-electron chi connectivity index (χ0n) is 9.82.